The Morgan fingerprint density at radius 3 is 2.69 bits per heavy atom. The number of phenols is 1. The minimum absolute atomic E-state index is 0.226. The molecule has 1 rings (SSSR count). The smallest absolute Gasteiger partial charge is 0.124 e. The van der Waals surface area contributed by atoms with E-state index in [2.05, 4.69) is 4.99 Å². The minimum atomic E-state index is 0.226. The number of rotatable bonds is 2. The highest BCUT2D eigenvalue weighted by Gasteiger charge is 2.04. The Bertz CT molecular complexity index is 332. The van der Waals surface area contributed by atoms with E-state index in [0.717, 1.165) is 11.5 Å². The van der Waals surface area contributed by atoms with E-state index in [1.807, 2.05) is 6.92 Å². The molecule has 0 atom stereocenters. The molecule has 0 aliphatic carbocycles. The molecule has 3 nitrogen and oxygen atoms in total. The zero-order chi connectivity index (χ0) is 9.84. The van der Waals surface area contributed by atoms with Crippen LogP contribution in [0.3, 0.4) is 0 Å². The van der Waals surface area contributed by atoms with Gasteiger partial charge in [0.2, 0.25) is 0 Å². The number of methoxy groups -OCH3 is 1. The Morgan fingerprint density at radius 1 is 1.46 bits per heavy atom. The SMILES string of the molecule is C/N=C(\C)c1cc(OC)ccc1O. The third kappa shape index (κ3) is 1.99. The van der Waals surface area contributed by atoms with E-state index in [4.69, 9.17) is 4.74 Å². The molecule has 0 spiro atoms. The first-order valence-corrected chi connectivity index (χ1v) is 3.99. The molecule has 0 unspecified atom stereocenters. The first-order chi connectivity index (χ1) is 6.19. The second-order valence-corrected chi connectivity index (χ2v) is 2.69. The van der Waals surface area contributed by atoms with Crippen molar-refractivity contribution in [3.63, 3.8) is 0 Å². The van der Waals surface area contributed by atoms with Crippen LogP contribution in [0, 0.1) is 0 Å². The van der Waals surface area contributed by atoms with Crippen LogP contribution in [0.1, 0.15) is 12.5 Å². The lowest BCUT2D eigenvalue weighted by atomic mass is 10.1. The van der Waals surface area contributed by atoms with Crippen LogP contribution < -0.4 is 4.74 Å². The highest BCUT2D eigenvalue weighted by molar-refractivity contribution is 6.01. The van der Waals surface area contributed by atoms with E-state index in [0.29, 0.717) is 5.56 Å². The molecule has 3 heteroatoms. The van der Waals surface area contributed by atoms with Gasteiger partial charge in [-0.25, -0.2) is 0 Å². The third-order valence-corrected chi connectivity index (χ3v) is 1.93. The molecule has 0 fully saturated rings. The van der Waals surface area contributed by atoms with E-state index in [-0.39, 0.29) is 5.75 Å². The van der Waals surface area contributed by atoms with Gasteiger partial charge in [0.05, 0.1) is 7.11 Å². The van der Waals surface area contributed by atoms with E-state index in [1.165, 1.54) is 0 Å². The van der Waals surface area contributed by atoms with Crippen LogP contribution in [0.4, 0.5) is 0 Å². The average molecular weight is 179 g/mol. The van der Waals surface area contributed by atoms with Crippen molar-refractivity contribution >= 4 is 5.71 Å². The second-order valence-electron chi connectivity index (χ2n) is 2.69. The quantitative estimate of drug-likeness (QED) is 0.704. The fraction of sp³-hybridized carbons (Fsp3) is 0.300. The number of hydrogen-bond acceptors (Lipinski definition) is 3. The van der Waals surface area contributed by atoms with Gasteiger partial charge in [0.25, 0.3) is 0 Å². The van der Waals surface area contributed by atoms with Gasteiger partial charge in [-0.2, -0.15) is 0 Å². The van der Waals surface area contributed by atoms with Crippen LogP contribution in [0.5, 0.6) is 11.5 Å². The molecule has 13 heavy (non-hydrogen) atoms. The highest BCUT2D eigenvalue weighted by atomic mass is 16.5. The van der Waals surface area contributed by atoms with E-state index in [9.17, 15) is 5.11 Å². The van der Waals surface area contributed by atoms with Crippen LogP contribution in [-0.2, 0) is 0 Å². The molecule has 0 aliphatic heterocycles. The molecule has 0 aromatic heterocycles. The maximum Gasteiger partial charge on any atom is 0.124 e. The summed E-state index contributed by atoms with van der Waals surface area (Å²) in [6.45, 7) is 1.84. The molecule has 0 radical (unpaired) electrons. The van der Waals surface area contributed by atoms with Crippen molar-refractivity contribution in [3.05, 3.63) is 23.8 Å². The summed E-state index contributed by atoms with van der Waals surface area (Å²) in [5, 5.41) is 9.50. The maximum atomic E-state index is 9.50. The molecule has 1 N–H and O–H groups in total. The lowest BCUT2D eigenvalue weighted by Gasteiger charge is -2.05. The molecule has 0 bridgehead atoms. The van der Waals surface area contributed by atoms with Crippen molar-refractivity contribution in [2.75, 3.05) is 14.2 Å². The normalized spacial score (nSPS) is 11.5. The molecule has 70 valence electrons. The Hall–Kier alpha value is -1.51. The number of ether oxygens (including phenoxy) is 1. The fourth-order valence-corrected chi connectivity index (χ4v) is 1.05. The lowest BCUT2D eigenvalue weighted by molar-refractivity contribution is 0.412. The van der Waals surface area contributed by atoms with Crippen molar-refractivity contribution in [1.29, 1.82) is 0 Å². The van der Waals surface area contributed by atoms with Gasteiger partial charge in [0, 0.05) is 18.3 Å². The van der Waals surface area contributed by atoms with Crippen LogP contribution >= 0.6 is 0 Å². The zero-order valence-corrected chi connectivity index (χ0v) is 8.03. The summed E-state index contributed by atoms with van der Waals surface area (Å²) < 4.78 is 5.04. The van der Waals surface area contributed by atoms with Gasteiger partial charge < -0.3 is 9.84 Å². The molecule has 0 aliphatic rings. The number of benzene rings is 1. The maximum absolute atomic E-state index is 9.50. The van der Waals surface area contributed by atoms with Crippen LogP contribution in [0.2, 0.25) is 0 Å². The van der Waals surface area contributed by atoms with Crippen molar-refractivity contribution in [1.82, 2.24) is 0 Å². The molecule has 0 amide bonds. The molecule has 0 saturated carbocycles. The molecule has 1 aromatic rings. The Kier molecular flexibility index (Phi) is 2.90. The van der Waals surface area contributed by atoms with Crippen LogP contribution in [0.15, 0.2) is 23.2 Å². The van der Waals surface area contributed by atoms with Gasteiger partial charge >= 0.3 is 0 Å². The molecular formula is C10H13NO2. The number of hydrogen-bond donors (Lipinski definition) is 1. The second kappa shape index (κ2) is 3.94. The Labute approximate surface area is 77.7 Å². The highest BCUT2D eigenvalue weighted by Crippen LogP contribution is 2.23. The van der Waals surface area contributed by atoms with Gasteiger partial charge in [0.15, 0.2) is 0 Å². The number of aliphatic imine (C=N–C) groups is 1. The number of phenolic OH excluding ortho intramolecular Hbond substituents is 1. The summed E-state index contributed by atoms with van der Waals surface area (Å²) in [5.74, 6) is 0.944. The number of nitrogens with zero attached hydrogens (tertiary/aromatic N) is 1. The summed E-state index contributed by atoms with van der Waals surface area (Å²) in [7, 11) is 3.28. The number of aromatic hydroxyl groups is 1. The molecule has 0 heterocycles. The largest absolute Gasteiger partial charge is 0.507 e. The Balaban J connectivity index is 3.19. The van der Waals surface area contributed by atoms with Gasteiger partial charge in [0.1, 0.15) is 11.5 Å². The summed E-state index contributed by atoms with van der Waals surface area (Å²) >= 11 is 0. The average Bonchev–Trinajstić information content (AvgIpc) is 2.17. The van der Waals surface area contributed by atoms with Crippen molar-refractivity contribution < 1.29 is 9.84 Å². The van der Waals surface area contributed by atoms with E-state index >= 15 is 0 Å². The first kappa shape index (κ1) is 9.58. The zero-order valence-electron chi connectivity index (χ0n) is 8.03. The van der Waals surface area contributed by atoms with Crippen molar-refractivity contribution in [2.24, 2.45) is 4.99 Å². The molecular weight excluding hydrogens is 166 g/mol. The van der Waals surface area contributed by atoms with Crippen molar-refractivity contribution in [2.45, 2.75) is 6.92 Å². The van der Waals surface area contributed by atoms with E-state index in [1.54, 1.807) is 32.4 Å². The third-order valence-electron chi connectivity index (χ3n) is 1.93. The van der Waals surface area contributed by atoms with Crippen molar-refractivity contribution in [3.8, 4) is 11.5 Å². The standard InChI is InChI=1S/C10H13NO2/c1-7(11-2)9-6-8(13-3)4-5-10(9)12/h4-6,12H,1-3H3/b11-7+. The van der Waals surface area contributed by atoms with E-state index < -0.39 is 0 Å². The summed E-state index contributed by atoms with van der Waals surface area (Å²) in [5.41, 5.74) is 1.50. The monoisotopic (exact) mass is 179 g/mol. The first-order valence-electron chi connectivity index (χ1n) is 3.99. The summed E-state index contributed by atoms with van der Waals surface area (Å²) in [4.78, 5) is 4.00. The molecule has 0 saturated heterocycles. The molecule has 1 aromatic carbocycles. The fourth-order valence-electron chi connectivity index (χ4n) is 1.05. The van der Waals surface area contributed by atoms with Gasteiger partial charge in [-0.05, 0) is 25.1 Å². The van der Waals surface area contributed by atoms with Gasteiger partial charge in [-0.15, -0.1) is 0 Å². The lowest BCUT2D eigenvalue weighted by Crippen LogP contribution is -1.95. The van der Waals surface area contributed by atoms with Gasteiger partial charge in [-0.3, -0.25) is 4.99 Å². The topological polar surface area (TPSA) is 41.8 Å². The Morgan fingerprint density at radius 2 is 2.15 bits per heavy atom. The predicted octanol–water partition coefficient (Wildman–Crippen LogP) is 1.84. The summed E-state index contributed by atoms with van der Waals surface area (Å²) in [6, 6.07) is 5.07. The van der Waals surface area contributed by atoms with Crippen LogP contribution in [0.25, 0.3) is 0 Å². The summed E-state index contributed by atoms with van der Waals surface area (Å²) in [6.07, 6.45) is 0. The predicted molar refractivity (Wildman–Crippen MR) is 52.8 cm³/mol. The van der Waals surface area contributed by atoms with Crippen LogP contribution in [-0.4, -0.2) is 25.0 Å². The minimum Gasteiger partial charge on any atom is -0.507 e. The van der Waals surface area contributed by atoms with Gasteiger partial charge in [-0.1, -0.05) is 0 Å².